The maximum Gasteiger partial charge on any atom is 0.344 e. The minimum atomic E-state index is -1.26. The van der Waals surface area contributed by atoms with Crippen molar-refractivity contribution in [3.63, 3.8) is 0 Å². The first-order chi connectivity index (χ1) is 9.47. The molecule has 0 aromatic heterocycles. The van der Waals surface area contributed by atoms with Crippen molar-refractivity contribution in [3.8, 4) is 5.75 Å². The van der Waals surface area contributed by atoms with Crippen LogP contribution in [0, 0.1) is 0 Å². The predicted molar refractivity (Wildman–Crippen MR) is 70.7 cm³/mol. The van der Waals surface area contributed by atoms with Crippen molar-refractivity contribution in [2.75, 3.05) is 0 Å². The molecule has 108 valence electrons. The summed E-state index contributed by atoms with van der Waals surface area (Å²) in [6.45, 7) is 0. The summed E-state index contributed by atoms with van der Waals surface area (Å²) in [5, 5.41) is 17.8. The molecule has 0 spiro atoms. The standard InChI is InChI=1S/C14H17NO5/c15-11(13(16)17)7-12(14(18)19)20-10-5-4-8-2-1-3-9(8)6-10/h4-6,11-12H,1-3,7,15H2,(H,16,17)(H,18,19). The van der Waals surface area contributed by atoms with Gasteiger partial charge in [0.2, 0.25) is 0 Å². The number of aliphatic carboxylic acids is 2. The molecule has 0 aliphatic heterocycles. The highest BCUT2D eigenvalue weighted by molar-refractivity contribution is 5.77. The van der Waals surface area contributed by atoms with Crippen LogP contribution in [0.5, 0.6) is 5.75 Å². The molecule has 4 N–H and O–H groups in total. The van der Waals surface area contributed by atoms with Crippen LogP contribution in [0.4, 0.5) is 0 Å². The highest BCUT2D eigenvalue weighted by Gasteiger charge is 2.26. The second kappa shape index (κ2) is 5.92. The summed E-state index contributed by atoms with van der Waals surface area (Å²) in [5.74, 6) is -2.02. The topological polar surface area (TPSA) is 110 Å². The van der Waals surface area contributed by atoms with Crippen LogP contribution in [0.2, 0.25) is 0 Å². The number of rotatable bonds is 6. The Labute approximate surface area is 116 Å². The number of ether oxygens (including phenoxy) is 1. The van der Waals surface area contributed by atoms with E-state index in [-0.39, 0.29) is 6.42 Å². The largest absolute Gasteiger partial charge is 0.480 e. The van der Waals surface area contributed by atoms with Gasteiger partial charge in [0.15, 0.2) is 6.10 Å². The zero-order valence-corrected chi connectivity index (χ0v) is 10.9. The predicted octanol–water partition coefficient (Wildman–Crippen LogP) is 0.809. The number of fused-ring (bicyclic) bond motifs is 1. The Hall–Kier alpha value is -2.08. The van der Waals surface area contributed by atoms with E-state index >= 15 is 0 Å². The van der Waals surface area contributed by atoms with Crippen LogP contribution in [-0.4, -0.2) is 34.3 Å². The highest BCUT2D eigenvalue weighted by atomic mass is 16.5. The van der Waals surface area contributed by atoms with E-state index < -0.39 is 24.1 Å². The third-order valence-electron chi connectivity index (χ3n) is 3.41. The molecule has 0 fully saturated rings. The monoisotopic (exact) mass is 279 g/mol. The Balaban J connectivity index is 2.08. The molecule has 6 nitrogen and oxygen atoms in total. The van der Waals surface area contributed by atoms with E-state index in [4.69, 9.17) is 20.7 Å². The van der Waals surface area contributed by atoms with Gasteiger partial charge >= 0.3 is 11.9 Å². The molecule has 0 bridgehead atoms. The number of carboxylic acid groups (broad SMARTS) is 2. The minimum absolute atomic E-state index is 0.276. The Kier molecular flexibility index (Phi) is 4.24. The number of aryl methyl sites for hydroxylation is 2. The zero-order valence-electron chi connectivity index (χ0n) is 10.9. The molecule has 0 amide bonds. The molecule has 0 saturated heterocycles. The first-order valence-electron chi connectivity index (χ1n) is 6.47. The molecule has 0 radical (unpaired) electrons. The van der Waals surface area contributed by atoms with Crippen LogP contribution < -0.4 is 10.5 Å². The molecule has 1 aliphatic carbocycles. The molecule has 0 saturated carbocycles. The van der Waals surface area contributed by atoms with Gasteiger partial charge in [-0.25, -0.2) is 4.79 Å². The van der Waals surface area contributed by atoms with E-state index in [2.05, 4.69) is 0 Å². The maximum atomic E-state index is 11.1. The molecule has 2 atom stereocenters. The fourth-order valence-corrected chi connectivity index (χ4v) is 2.32. The van der Waals surface area contributed by atoms with Gasteiger partial charge in [0.05, 0.1) is 0 Å². The van der Waals surface area contributed by atoms with Crippen molar-refractivity contribution in [1.29, 1.82) is 0 Å². The lowest BCUT2D eigenvalue weighted by Gasteiger charge is -2.17. The SMILES string of the molecule is NC(CC(Oc1ccc2c(c1)CCC2)C(=O)O)C(=O)O. The van der Waals surface area contributed by atoms with Crippen LogP contribution in [0.15, 0.2) is 18.2 Å². The number of carbonyl (C=O) groups is 2. The average Bonchev–Trinajstić information content (AvgIpc) is 2.84. The third-order valence-corrected chi connectivity index (χ3v) is 3.41. The molecular formula is C14H17NO5. The fourth-order valence-electron chi connectivity index (χ4n) is 2.32. The van der Waals surface area contributed by atoms with E-state index in [1.165, 1.54) is 5.56 Å². The molecule has 0 heterocycles. The van der Waals surface area contributed by atoms with Crippen LogP contribution >= 0.6 is 0 Å². The number of hydrogen-bond acceptors (Lipinski definition) is 4. The van der Waals surface area contributed by atoms with E-state index in [1.807, 2.05) is 12.1 Å². The minimum Gasteiger partial charge on any atom is -0.480 e. The summed E-state index contributed by atoms with van der Waals surface area (Å²) in [6.07, 6.45) is 1.54. The third kappa shape index (κ3) is 3.27. The van der Waals surface area contributed by atoms with Crippen LogP contribution in [0.25, 0.3) is 0 Å². The van der Waals surface area contributed by atoms with Crippen LogP contribution in [0.3, 0.4) is 0 Å². The van der Waals surface area contributed by atoms with Gasteiger partial charge < -0.3 is 20.7 Å². The Morgan fingerprint density at radius 2 is 1.90 bits per heavy atom. The molecule has 1 aromatic rings. The van der Waals surface area contributed by atoms with Crippen molar-refractivity contribution in [1.82, 2.24) is 0 Å². The summed E-state index contributed by atoms with van der Waals surface area (Å²) in [6, 6.07) is 4.20. The first-order valence-corrected chi connectivity index (χ1v) is 6.47. The Bertz CT molecular complexity index is 528. The maximum absolute atomic E-state index is 11.1. The molecule has 20 heavy (non-hydrogen) atoms. The number of benzene rings is 1. The van der Waals surface area contributed by atoms with E-state index in [0.29, 0.717) is 5.75 Å². The second-order valence-corrected chi connectivity index (χ2v) is 4.91. The summed E-state index contributed by atoms with van der Waals surface area (Å²) in [4.78, 5) is 21.8. The Morgan fingerprint density at radius 1 is 1.20 bits per heavy atom. The number of nitrogens with two attached hydrogens (primary N) is 1. The Morgan fingerprint density at radius 3 is 2.55 bits per heavy atom. The normalized spacial score (nSPS) is 16.2. The van der Waals surface area contributed by atoms with E-state index in [1.54, 1.807) is 6.07 Å². The van der Waals surface area contributed by atoms with E-state index in [9.17, 15) is 9.59 Å². The van der Waals surface area contributed by atoms with Crippen molar-refractivity contribution in [2.45, 2.75) is 37.8 Å². The summed E-state index contributed by atoms with van der Waals surface area (Å²) < 4.78 is 5.38. The van der Waals surface area contributed by atoms with Gasteiger partial charge in [-0.2, -0.15) is 0 Å². The quantitative estimate of drug-likeness (QED) is 0.710. The lowest BCUT2D eigenvalue weighted by Crippen LogP contribution is -2.39. The average molecular weight is 279 g/mol. The van der Waals surface area contributed by atoms with Crippen molar-refractivity contribution >= 4 is 11.9 Å². The molecule has 2 rings (SSSR count). The van der Waals surface area contributed by atoms with Gasteiger partial charge in [-0.1, -0.05) is 6.07 Å². The first kappa shape index (κ1) is 14.3. The molecule has 2 unspecified atom stereocenters. The van der Waals surface area contributed by atoms with Gasteiger partial charge in [-0.05, 0) is 42.5 Å². The van der Waals surface area contributed by atoms with Gasteiger partial charge in [0.1, 0.15) is 11.8 Å². The number of carboxylic acids is 2. The smallest absolute Gasteiger partial charge is 0.344 e. The molecule has 1 aliphatic rings. The van der Waals surface area contributed by atoms with Crippen LogP contribution in [0.1, 0.15) is 24.0 Å². The van der Waals surface area contributed by atoms with Crippen molar-refractivity contribution in [2.24, 2.45) is 5.73 Å². The summed E-state index contributed by atoms with van der Waals surface area (Å²) >= 11 is 0. The van der Waals surface area contributed by atoms with Crippen molar-refractivity contribution in [3.05, 3.63) is 29.3 Å². The highest BCUT2D eigenvalue weighted by Crippen LogP contribution is 2.26. The molecule has 6 heteroatoms. The fraction of sp³-hybridized carbons (Fsp3) is 0.429. The van der Waals surface area contributed by atoms with Crippen molar-refractivity contribution < 1.29 is 24.5 Å². The van der Waals surface area contributed by atoms with Gasteiger partial charge in [-0.15, -0.1) is 0 Å². The van der Waals surface area contributed by atoms with Gasteiger partial charge in [0, 0.05) is 6.42 Å². The lowest BCUT2D eigenvalue weighted by molar-refractivity contribution is -0.146. The zero-order chi connectivity index (χ0) is 14.7. The summed E-state index contributed by atoms with van der Waals surface area (Å²) in [5.41, 5.74) is 7.77. The van der Waals surface area contributed by atoms with Gasteiger partial charge in [0.25, 0.3) is 0 Å². The summed E-state index contributed by atoms with van der Waals surface area (Å²) in [7, 11) is 0. The number of hydrogen-bond donors (Lipinski definition) is 3. The molecular weight excluding hydrogens is 262 g/mol. The second-order valence-electron chi connectivity index (χ2n) is 4.91. The lowest BCUT2D eigenvalue weighted by atomic mass is 10.1. The van der Waals surface area contributed by atoms with Gasteiger partial charge in [-0.3, -0.25) is 4.79 Å². The van der Waals surface area contributed by atoms with E-state index in [0.717, 1.165) is 24.8 Å². The molecule has 1 aromatic carbocycles. The van der Waals surface area contributed by atoms with Crippen LogP contribution in [-0.2, 0) is 22.4 Å².